The van der Waals surface area contributed by atoms with Crippen LogP contribution in [0.1, 0.15) is 70.1 Å². The molecule has 0 N–H and O–H groups in total. The van der Waals surface area contributed by atoms with Crippen LogP contribution in [-0.2, 0) is 10.8 Å². The molecule has 0 amide bonds. The molecule has 340 valence electrons. The first-order valence-electron chi connectivity index (χ1n) is 25.6. The molecule has 2 unspecified atom stereocenters. The monoisotopic (exact) mass is 947 g/mol. The molecule has 2 atom stereocenters. The molecule has 16 rings (SSSR count). The van der Waals surface area contributed by atoms with Crippen molar-refractivity contribution in [1.29, 1.82) is 0 Å². The topological polar surface area (TPSA) is 9.72 Å². The van der Waals surface area contributed by atoms with E-state index in [0.29, 0.717) is 0 Å². The maximum absolute atomic E-state index is 2.82. The number of hydrogen-bond donors (Lipinski definition) is 0. The second kappa shape index (κ2) is 14.1. The third-order valence-corrected chi connectivity index (χ3v) is 20.4. The van der Waals surface area contributed by atoms with Crippen molar-refractivity contribution in [3.8, 4) is 11.1 Å². The fourth-order valence-electron chi connectivity index (χ4n) is 14.6. The van der Waals surface area contributed by atoms with Crippen LogP contribution in [0.5, 0.6) is 0 Å². The van der Waals surface area contributed by atoms with Crippen molar-refractivity contribution in [3.63, 3.8) is 0 Å². The molecule has 1 saturated carbocycles. The minimum atomic E-state index is -0.220. The summed E-state index contributed by atoms with van der Waals surface area (Å²) in [6, 6.07) is 70.3. The van der Waals surface area contributed by atoms with Gasteiger partial charge in [-0.1, -0.05) is 143 Å². The van der Waals surface area contributed by atoms with Crippen LogP contribution >= 0.6 is 22.7 Å². The number of hydrogen-bond acceptors (Lipinski definition) is 5. The molecule has 11 aromatic rings. The maximum Gasteiger partial charge on any atom is 0.252 e. The van der Waals surface area contributed by atoms with Crippen molar-refractivity contribution in [2.24, 2.45) is 0 Å². The lowest BCUT2D eigenvalue weighted by molar-refractivity contribution is 0.195. The maximum atomic E-state index is 2.82. The summed E-state index contributed by atoms with van der Waals surface area (Å²) in [6.07, 6.45) is 4.74. The van der Waals surface area contributed by atoms with Crippen LogP contribution in [-0.4, -0.2) is 12.3 Å². The quantitative estimate of drug-likeness (QED) is 0.163. The first kappa shape index (κ1) is 40.6. The minimum Gasteiger partial charge on any atom is -0.334 e. The first-order chi connectivity index (χ1) is 34.7. The second-order valence-corrected chi connectivity index (χ2v) is 24.1. The van der Waals surface area contributed by atoms with Gasteiger partial charge in [0.2, 0.25) is 0 Å². The molecule has 0 saturated heterocycles. The summed E-state index contributed by atoms with van der Waals surface area (Å²) in [5.41, 5.74) is 20.9. The van der Waals surface area contributed by atoms with Gasteiger partial charge in [0, 0.05) is 96.7 Å². The van der Waals surface area contributed by atoms with Gasteiger partial charge in [-0.25, -0.2) is 0 Å². The van der Waals surface area contributed by atoms with Gasteiger partial charge in [0.1, 0.15) is 0 Å². The lowest BCUT2D eigenvalue weighted by atomic mass is 9.28. The van der Waals surface area contributed by atoms with E-state index in [0.717, 1.165) is 12.8 Å². The van der Waals surface area contributed by atoms with Crippen molar-refractivity contribution in [3.05, 3.63) is 199 Å². The summed E-state index contributed by atoms with van der Waals surface area (Å²) in [7, 11) is 0. The van der Waals surface area contributed by atoms with Crippen molar-refractivity contribution >= 4 is 132 Å². The summed E-state index contributed by atoms with van der Waals surface area (Å²) < 4.78 is 5.30. The van der Waals surface area contributed by atoms with Crippen molar-refractivity contribution in [2.75, 3.05) is 14.7 Å². The zero-order valence-corrected chi connectivity index (χ0v) is 42.0. The molecule has 6 heterocycles. The smallest absolute Gasteiger partial charge is 0.252 e. The molecule has 71 heavy (non-hydrogen) atoms. The molecule has 2 aromatic heterocycles. The van der Waals surface area contributed by atoms with Crippen molar-refractivity contribution < 1.29 is 0 Å². The summed E-state index contributed by atoms with van der Waals surface area (Å²) in [6.45, 7) is 10.2. The molecule has 1 aliphatic carbocycles. The van der Waals surface area contributed by atoms with Crippen LogP contribution in [0.2, 0.25) is 0 Å². The molecule has 3 nitrogen and oxygen atoms in total. The van der Waals surface area contributed by atoms with Crippen LogP contribution in [0, 0.1) is 0 Å². The van der Waals surface area contributed by atoms with E-state index in [1.807, 2.05) is 22.7 Å². The van der Waals surface area contributed by atoms with E-state index >= 15 is 0 Å². The van der Waals surface area contributed by atoms with Crippen LogP contribution in [0.4, 0.5) is 45.5 Å². The van der Waals surface area contributed by atoms with Gasteiger partial charge in [0.15, 0.2) is 0 Å². The van der Waals surface area contributed by atoms with Crippen LogP contribution in [0.25, 0.3) is 51.5 Å². The normalized spacial score (nSPS) is 20.0. The standard InChI is InChI=1S/C65H50BN3S2/c1-63(2)48-20-14-22-52-60(48)66-61-49(63)21-15-23-53(61)68(42-28-30-47-45-19-9-11-25-57(45)71-59(47)38-42)55-36-43(35-54(62(55)66)67(52)41-27-29-46-44-18-8-10-24-56(44)70-58(46)37-41)69-51-31-26-40(39-16-6-5-7-17-39)34-50(51)64(3)32-12-13-33-65(64,69)4/h5-11,14-31,34-38H,12-13,32-33H2,1-4H3. The predicted molar refractivity (Wildman–Crippen MR) is 307 cm³/mol. The average Bonchev–Trinajstić information content (AvgIpc) is 4.03. The Morgan fingerprint density at radius 2 is 0.944 bits per heavy atom. The summed E-state index contributed by atoms with van der Waals surface area (Å²) in [5.74, 6) is 0. The highest BCUT2D eigenvalue weighted by Crippen LogP contribution is 2.62. The highest BCUT2D eigenvalue weighted by atomic mass is 32.1. The van der Waals surface area contributed by atoms with Gasteiger partial charge >= 0.3 is 0 Å². The molecule has 9 aromatic carbocycles. The van der Waals surface area contributed by atoms with E-state index in [1.165, 1.54) is 143 Å². The van der Waals surface area contributed by atoms with E-state index in [2.05, 4.69) is 224 Å². The molecule has 6 heteroatoms. The fourth-order valence-corrected chi connectivity index (χ4v) is 16.9. The Balaban J connectivity index is 1.02. The lowest BCUT2D eigenvalue weighted by Crippen LogP contribution is -2.67. The van der Waals surface area contributed by atoms with Gasteiger partial charge < -0.3 is 14.7 Å². The highest BCUT2D eigenvalue weighted by Gasteiger charge is 2.59. The Hall–Kier alpha value is -7.12. The Labute approximate surface area is 423 Å². The third-order valence-electron chi connectivity index (χ3n) is 18.2. The fraction of sp³-hybridized carbons (Fsp3) is 0.169. The van der Waals surface area contributed by atoms with Gasteiger partial charge in [-0.2, -0.15) is 0 Å². The number of rotatable bonds is 4. The number of nitrogens with zero attached hydrogens (tertiary/aromatic N) is 3. The Morgan fingerprint density at radius 1 is 0.394 bits per heavy atom. The van der Waals surface area contributed by atoms with Crippen LogP contribution in [0.3, 0.4) is 0 Å². The Kier molecular flexibility index (Phi) is 8.04. The van der Waals surface area contributed by atoms with E-state index in [9.17, 15) is 0 Å². The number of benzene rings is 9. The second-order valence-electron chi connectivity index (χ2n) is 21.9. The average molecular weight is 948 g/mol. The number of fused-ring (bicyclic) bond motifs is 9. The van der Waals surface area contributed by atoms with Gasteiger partial charge in [0.05, 0.1) is 5.54 Å². The molecule has 0 spiro atoms. The van der Waals surface area contributed by atoms with Crippen molar-refractivity contribution in [1.82, 2.24) is 0 Å². The largest absolute Gasteiger partial charge is 0.334 e. The van der Waals surface area contributed by atoms with Gasteiger partial charge in [0.25, 0.3) is 6.71 Å². The summed E-state index contributed by atoms with van der Waals surface area (Å²) in [4.78, 5) is 8.15. The highest BCUT2D eigenvalue weighted by molar-refractivity contribution is 7.26. The third kappa shape index (κ3) is 5.19. The Morgan fingerprint density at radius 3 is 1.55 bits per heavy atom. The van der Waals surface area contributed by atoms with E-state index in [1.54, 1.807) is 0 Å². The van der Waals surface area contributed by atoms with E-state index in [4.69, 9.17) is 0 Å². The van der Waals surface area contributed by atoms with Gasteiger partial charge in [-0.3, -0.25) is 0 Å². The van der Waals surface area contributed by atoms with Crippen LogP contribution < -0.4 is 31.1 Å². The SMILES string of the molecule is CC1(C)c2cccc3c2B2c4c(cc(N5c6ccc(-c7ccccc7)cc6C6(C)CCCCC56C)cc4N(c4ccc5c(c4)sc4ccccc45)c4cccc1c42)N3c1ccc2c(c1)sc1ccccc12. The molecule has 0 radical (unpaired) electrons. The zero-order valence-electron chi connectivity index (χ0n) is 40.4. The lowest BCUT2D eigenvalue weighted by Gasteiger charge is -2.52. The number of anilines is 8. The summed E-state index contributed by atoms with van der Waals surface area (Å²) in [5, 5.41) is 5.31. The molecular weight excluding hydrogens is 898 g/mol. The van der Waals surface area contributed by atoms with Crippen molar-refractivity contribution in [2.45, 2.75) is 69.7 Å². The molecule has 1 fully saturated rings. The van der Waals surface area contributed by atoms with E-state index in [-0.39, 0.29) is 23.1 Å². The minimum absolute atomic E-state index is 0.0474. The number of thiophene rings is 2. The molecular formula is C65H50BN3S2. The zero-order chi connectivity index (χ0) is 47.1. The predicted octanol–water partition coefficient (Wildman–Crippen LogP) is 16.6. The molecule has 0 bridgehead atoms. The molecule has 5 aliphatic rings. The van der Waals surface area contributed by atoms with Gasteiger partial charge in [-0.15, -0.1) is 22.7 Å². The molecule has 4 aliphatic heterocycles. The van der Waals surface area contributed by atoms with Gasteiger partial charge in [-0.05, 0) is 137 Å². The van der Waals surface area contributed by atoms with Crippen LogP contribution in [0.15, 0.2) is 182 Å². The first-order valence-corrected chi connectivity index (χ1v) is 27.2. The summed E-state index contributed by atoms with van der Waals surface area (Å²) >= 11 is 3.82. The van der Waals surface area contributed by atoms with E-state index < -0.39 is 0 Å². The Bertz CT molecular complexity index is 3930.